The van der Waals surface area contributed by atoms with Crippen LogP contribution in [0.5, 0.6) is 0 Å². The third kappa shape index (κ3) is 4.96. The molecule has 10 nitrogen and oxygen atoms in total. The lowest BCUT2D eigenvalue weighted by Gasteiger charge is -2.23. The largest absolute Gasteiger partial charge is 0.378 e. The first-order chi connectivity index (χ1) is 13.1. The zero-order valence-corrected chi connectivity index (χ0v) is 16.4. The molecular weight excluding hydrogens is 386 g/mol. The van der Waals surface area contributed by atoms with Gasteiger partial charge in [-0.25, -0.2) is 4.68 Å². The Morgan fingerprint density at radius 1 is 1.32 bits per heavy atom. The number of rotatable bonds is 7. The van der Waals surface area contributed by atoms with Crippen LogP contribution >= 0.6 is 12.4 Å². The molecule has 11 heteroatoms. The molecule has 0 bridgehead atoms. The second-order valence-corrected chi connectivity index (χ2v) is 6.41. The van der Waals surface area contributed by atoms with E-state index in [9.17, 15) is 14.9 Å². The molecule has 0 atom stereocenters. The van der Waals surface area contributed by atoms with Crippen molar-refractivity contribution in [2.75, 3.05) is 31.5 Å². The number of hydrogen-bond donors (Lipinski definition) is 3. The molecule has 1 amide bonds. The van der Waals surface area contributed by atoms with Crippen molar-refractivity contribution in [1.82, 2.24) is 25.6 Å². The van der Waals surface area contributed by atoms with Crippen molar-refractivity contribution in [2.24, 2.45) is 0 Å². The number of halogens is 1. The maximum absolute atomic E-state index is 12.4. The predicted molar refractivity (Wildman–Crippen MR) is 107 cm³/mol. The smallest absolute Gasteiger partial charge is 0.292 e. The van der Waals surface area contributed by atoms with Gasteiger partial charge in [-0.1, -0.05) is 17.3 Å². The Morgan fingerprint density at radius 2 is 2.04 bits per heavy atom. The topological polar surface area (TPSA) is 127 Å². The number of anilines is 1. The van der Waals surface area contributed by atoms with Crippen LogP contribution in [0.3, 0.4) is 0 Å². The average molecular weight is 410 g/mol. The first kappa shape index (κ1) is 21.6. The highest BCUT2D eigenvalue weighted by Crippen LogP contribution is 2.22. The highest BCUT2D eigenvalue weighted by molar-refractivity contribution is 5.93. The molecule has 0 radical (unpaired) electrons. The summed E-state index contributed by atoms with van der Waals surface area (Å²) in [5.41, 5.74) is 1.50. The van der Waals surface area contributed by atoms with E-state index in [1.807, 2.05) is 11.6 Å². The molecule has 1 aliphatic rings. The number of nitrogens with zero attached hydrogens (tertiary/aromatic N) is 4. The molecule has 28 heavy (non-hydrogen) atoms. The van der Waals surface area contributed by atoms with Crippen molar-refractivity contribution in [3.8, 4) is 0 Å². The van der Waals surface area contributed by atoms with Gasteiger partial charge in [0.05, 0.1) is 16.7 Å². The van der Waals surface area contributed by atoms with E-state index in [4.69, 9.17) is 0 Å². The van der Waals surface area contributed by atoms with Crippen LogP contribution in [0.4, 0.5) is 11.4 Å². The Bertz CT molecular complexity index is 821. The highest BCUT2D eigenvalue weighted by atomic mass is 35.5. The van der Waals surface area contributed by atoms with Crippen LogP contribution in [0.15, 0.2) is 24.3 Å². The summed E-state index contributed by atoms with van der Waals surface area (Å²) in [6, 6.07) is 6.66. The van der Waals surface area contributed by atoms with E-state index in [-0.39, 0.29) is 30.0 Å². The number of nitro benzene ring substituents is 1. The van der Waals surface area contributed by atoms with Crippen LogP contribution in [0.2, 0.25) is 0 Å². The van der Waals surface area contributed by atoms with Crippen molar-refractivity contribution in [3.05, 3.63) is 45.8 Å². The minimum Gasteiger partial charge on any atom is -0.378 e. The molecule has 2 aromatic rings. The van der Waals surface area contributed by atoms with E-state index < -0.39 is 4.92 Å². The molecule has 3 N–H and O–H groups in total. The quantitative estimate of drug-likeness (QED) is 0.360. The Morgan fingerprint density at radius 3 is 2.75 bits per heavy atom. The zero-order valence-electron chi connectivity index (χ0n) is 15.6. The van der Waals surface area contributed by atoms with Gasteiger partial charge < -0.3 is 16.0 Å². The fraction of sp³-hybridized carbons (Fsp3) is 0.471. The maximum atomic E-state index is 12.4. The van der Waals surface area contributed by atoms with Gasteiger partial charge in [-0.05, 0) is 38.9 Å². The van der Waals surface area contributed by atoms with Crippen molar-refractivity contribution in [1.29, 1.82) is 0 Å². The Labute approximate surface area is 168 Å². The summed E-state index contributed by atoms with van der Waals surface area (Å²) in [7, 11) is 0. The van der Waals surface area contributed by atoms with Crippen molar-refractivity contribution >= 4 is 29.7 Å². The summed E-state index contributed by atoms with van der Waals surface area (Å²) in [5, 5.41) is 28.2. The summed E-state index contributed by atoms with van der Waals surface area (Å²) in [6.07, 6.45) is 1.93. The molecule has 152 valence electrons. The van der Waals surface area contributed by atoms with Crippen LogP contribution in [0, 0.1) is 17.0 Å². The standard InChI is InChI=1S/C17H23N7O3.ClH/c1-12-16(21-22-23(12)13-6-8-18-9-7-13)17(25)20-11-10-19-14-4-2-3-5-15(14)24(26)27;/h2-5,13,18-19H,6-11H2,1H3,(H,20,25);1H. The highest BCUT2D eigenvalue weighted by Gasteiger charge is 2.22. The van der Waals surface area contributed by atoms with Gasteiger partial charge in [0.15, 0.2) is 5.69 Å². The summed E-state index contributed by atoms with van der Waals surface area (Å²) < 4.78 is 1.83. The lowest BCUT2D eigenvalue weighted by atomic mass is 10.1. The van der Waals surface area contributed by atoms with Crippen LogP contribution in [-0.2, 0) is 0 Å². The van der Waals surface area contributed by atoms with Gasteiger partial charge in [0.1, 0.15) is 5.69 Å². The molecular formula is C17H24ClN7O3. The number of hydrogen-bond acceptors (Lipinski definition) is 7. The number of nitro groups is 1. The summed E-state index contributed by atoms with van der Waals surface area (Å²) in [4.78, 5) is 22.9. The van der Waals surface area contributed by atoms with E-state index in [0.29, 0.717) is 24.5 Å². The summed E-state index contributed by atoms with van der Waals surface area (Å²) >= 11 is 0. The second-order valence-electron chi connectivity index (χ2n) is 6.41. The van der Waals surface area contributed by atoms with Crippen molar-refractivity contribution in [3.63, 3.8) is 0 Å². The normalized spacial score (nSPS) is 14.2. The molecule has 0 saturated carbocycles. The van der Waals surface area contributed by atoms with Crippen molar-refractivity contribution in [2.45, 2.75) is 25.8 Å². The number of para-hydroxylation sites is 2. The number of benzene rings is 1. The fourth-order valence-corrected chi connectivity index (χ4v) is 3.19. The van der Waals surface area contributed by atoms with E-state index in [1.165, 1.54) is 6.07 Å². The van der Waals surface area contributed by atoms with Crippen LogP contribution in [-0.4, -0.2) is 52.0 Å². The van der Waals surface area contributed by atoms with Gasteiger partial charge in [-0.15, -0.1) is 17.5 Å². The first-order valence-electron chi connectivity index (χ1n) is 8.96. The maximum Gasteiger partial charge on any atom is 0.292 e. The number of amides is 1. The fourth-order valence-electron chi connectivity index (χ4n) is 3.19. The van der Waals surface area contributed by atoms with Gasteiger partial charge in [-0.2, -0.15) is 0 Å². The molecule has 3 rings (SSSR count). The van der Waals surface area contributed by atoms with Crippen LogP contribution < -0.4 is 16.0 Å². The van der Waals surface area contributed by atoms with Gasteiger partial charge >= 0.3 is 0 Å². The third-order valence-electron chi connectivity index (χ3n) is 4.62. The lowest BCUT2D eigenvalue weighted by molar-refractivity contribution is -0.384. The summed E-state index contributed by atoms with van der Waals surface area (Å²) in [5.74, 6) is -0.294. The number of nitrogens with one attached hydrogen (secondary N) is 3. The van der Waals surface area contributed by atoms with E-state index in [0.717, 1.165) is 31.6 Å². The number of carbonyl (C=O) groups excluding carboxylic acids is 1. The van der Waals surface area contributed by atoms with E-state index >= 15 is 0 Å². The van der Waals surface area contributed by atoms with E-state index in [2.05, 4.69) is 26.3 Å². The number of piperidine rings is 1. The Kier molecular flexibility index (Phi) is 7.70. The van der Waals surface area contributed by atoms with Gasteiger partial charge in [-0.3, -0.25) is 14.9 Å². The molecule has 1 saturated heterocycles. The molecule has 0 unspecified atom stereocenters. The molecule has 1 fully saturated rings. The Hall–Kier alpha value is -2.72. The van der Waals surface area contributed by atoms with Crippen molar-refractivity contribution < 1.29 is 9.72 Å². The second kappa shape index (κ2) is 10.00. The zero-order chi connectivity index (χ0) is 19.2. The lowest BCUT2D eigenvalue weighted by Crippen LogP contribution is -2.31. The first-order valence-corrected chi connectivity index (χ1v) is 8.96. The Balaban J connectivity index is 0.00000280. The average Bonchev–Trinajstić information content (AvgIpc) is 3.07. The minimum atomic E-state index is -0.441. The molecule has 2 heterocycles. The molecule has 1 aromatic heterocycles. The monoisotopic (exact) mass is 409 g/mol. The summed E-state index contributed by atoms with van der Waals surface area (Å²) in [6.45, 7) is 4.39. The van der Waals surface area contributed by atoms with E-state index in [1.54, 1.807) is 18.2 Å². The van der Waals surface area contributed by atoms with Crippen LogP contribution in [0.25, 0.3) is 0 Å². The predicted octanol–water partition coefficient (Wildman–Crippen LogP) is 1.68. The van der Waals surface area contributed by atoms with Crippen LogP contribution in [0.1, 0.15) is 35.1 Å². The number of carbonyl (C=O) groups is 1. The van der Waals surface area contributed by atoms with Gasteiger partial charge in [0.2, 0.25) is 0 Å². The molecule has 0 spiro atoms. The van der Waals surface area contributed by atoms with Gasteiger partial charge in [0, 0.05) is 19.2 Å². The number of aromatic nitrogens is 3. The SMILES string of the molecule is Cc1c(C(=O)NCCNc2ccccc2[N+](=O)[O-])nnn1C1CCNCC1.Cl. The molecule has 0 aliphatic carbocycles. The molecule has 1 aromatic carbocycles. The third-order valence-corrected chi connectivity index (χ3v) is 4.62. The minimum absolute atomic E-state index is 0. The van der Waals surface area contributed by atoms with Gasteiger partial charge in [0.25, 0.3) is 11.6 Å². The molecule has 1 aliphatic heterocycles.